The molecule has 1 amide bonds. The molecule has 2 heterocycles. The largest absolute Gasteiger partial charge is 0.289 e. The van der Waals surface area contributed by atoms with Crippen LogP contribution >= 0.6 is 78.7 Å². The Labute approximate surface area is 227 Å². The summed E-state index contributed by atoms with van der Waals surface area (Å²) in [5, 5.41) is 0.944. The minimum absolute atomic E-state index is 0. The summed E-state index contributed by atoms with van der Waals surface area (Å²) in [5.74, 6) is 0.507. The van der Waals surface area contributed by atoms with E-state index in [0.717, 1.165) is 13.7 Å². The highest BCUT2D eigenvalue weighted by atomic mass is 127. The van der Waals surface area contributed by atoms with Crippen LogP contribution in [0.5, 0.6) is 0 Å². The van der Waals surface area contributed by atoms with E-state index in [9.17, 15) is 4.79 Å². The molecule has 3 aromatic rings. The zero-order valence-corrected chi connectivity index (χ0v) is 23.6. The minimum Gasteiger partial charge on any atom is -0.289 e. The minimum atomic E-state index is -0.801. The first kappa shape index (κ1) is 25.4. The lowest BCUT2D eigenvalue weighted by Crippen LogP contribution is -2.41. The van der Waals surface area contributed by atoms with Crippen LogP contribution in [0.15, 0.2) is 53.1 Å². The van der Waals surface area contributed by atoms with Crippen molar-refractivity contribution in [2.75, 3.05) is 4.90 Å². The predicted octanol–water partition coefficient (Wildman–Crippen LogP) is 6.39. The Hall–Kier alpha value is 0.156. The summed E-state index contributed by atoms with van der Waals surface area (Å²) in [6, 6.07) is 13.1. The van der Waals surface area contributed by atoms with Crippen molar-refractivity contribution in [2.24, 2.45) is 0 Å². The number of hydrogen-bond acceptors (Lipinski definition) is 2. The Bertz CT molecular complexity index is 1040. The third-order valence-electron chi connectivity index (χ3n) is 4.62. The zero-order valence-electron chi connectivity index (χ0n) is 15.2. The van der Waals surface area contributed by atoms with Gasteiger partial charge in [-0.2, -0.15) is 0 Å². The maximum absolute atomic E-state index is 13.6. The normalized spacial score (nSPS) is 17.6. The number of nitrogens with zero attached hydrogens (tertiary/aromatic N) is 3. The van der Waals surface area contributed by atoms with Gasteiger partial charge in [-0.25, -0.2) is 9.88 Å². The molecule has 1 aromatic heterocycles. The van der Waals surface area contributed by atoms with Gasteiger partial charge in [-0.05, 0) is 65.4 Å². The van der Waals surface area contributed by atoms with Gasteiger partial charge in [0.2, 0.25) is 5.95 Å². The summed E-state index contributed by atoms with van der Waals surface area (Å²) in [4.78, 5) is 19.6. The second-order valence-corrected chi connectivity index (χ2v) is 9.46. The molecule has 4 nitrogen and oxygen atoms in total. The first-order valence-electron chi connectivity index (χ1n) is 8.08. The third kappa shape index (κ3) is 4.68. The summed E-state index contributed by atoms with van der Waals surface area (Å²) in [7, 11) is 0. The summed E-state index contributed by atoms with van der Waals surface area (Å²) >= 11 is 18.0. The van der Waals surface area contributed by atoms with Crippen molar-refractivity contribution in [2.45, 2.75) is 18.9 Å². The first-order chi connectivity index (χ1) is 12.8. The van der Waals surface area contributed by atoms with E-state index in [1.807, 2.05) is 35.8 Å². The average molecular weight is 682 g/mol. The van der Waals surface area contributed by atoms with Crippen molar-refractivity contribution < 1.29 is 4.79 Å². The number of anilines is 2. The smallest absolute Gasteiger partial charge is 0.260 e. The molecule has 0 bridgehead atoms. The van der Waals surface area contributed by atoms with Gasteiger partial charge in [0.25, 0.3) is 5.91 Å². The molecule has 4 rings (SSSR count). The summed E-state index contributed by atoms with van der Waals surface area (Å²) in [5.41, 5.74) is 0.876. The van der Waals surface area contributed by atoms with E-state index in [0.29, 0.717) is 28.1 Å². The molecule has 0 fully saturated rings. The Balaban J connectivity index is 0.00000150. The number of carbonyl (C=O) groups excluding carboxylic acids is 1. The number of aromatic nitrogens is 2. The van der Waals surface area contributed by atoms with Crippen LogP contribution in [-0.4, -0.2) is 38.5 Å². The molecule has 0 saturated carbocycles. The van der Waals surface area contributed by atoms with Crippen LogP contribution in [0.2, 0.25) is 10.0 Å². The molecule has 148 valence electrons. The van der Waals surface area contributed by atoms with Crippen LogP contribution in [0.25, 0.3) is 0 Å². The lowest BCUT2D eigenvalue weighted by Gasteiger charge is -2.26. The molecule has 0 N–H and O–H groups in total. The standard InChI is InChI=1S/C19H13BrCl2IN3O.BrH.Mg/c1-19(9-11-2-4-12(20)5-3-11)17(27)25(18-24-10-16(23)26(18)19)15-7-13(21)6-14(22)8-15;;/h2-8,10H,9H2,1H3;1H;/t19-;;/m1../s1. The number of amides is 1. The molecule has 1 aliphatic rings. The fraction of sp³-hybridized carbons (Fsp3) is 0.158. The molecule has 1 aliphatic heterocycles. The maximum Gasteiger partial charge on any atom is 0.260 e. The summed E-state index contributed by atoms with van der Waals surface area (Å²) in [6.07, 6.45) is 2.31. The van der Waals surface area contributed by atoms with Gasteiger partial charge in [-0.3, -0.25) is 9.36 Å². The van der Waals surface area contributed by atoms with Gasteiger partial charge in [0.1, 0.15) is 9.24 Å². The molecule has 1 atom stereocenters. The SMILES string of the molecule is Br.C[C@@]1(Cc2ccc(Br)cc2)C(=O)N(c2cc(Cl)cc(Cl)c2)c2ncc(I)n21.[Mg]. The van der Waals surface area contributed by atoms with Gasteiger partial charge in [0.05, 0.1) is 11.9 Å². The molecule has 10 heteroatoms. The Morgan fingerprint density at radius 3 is 2.31 bits per heavy atom. The van der Waals surface area contributed by atoms with Crippen molar-refractivity contribution in [3.05, 3.63) is 72.4 Å². The molecule has 2 radical (unpaired) electrons. The molecule has 0 aliphatic carbocycles. The average Bonchev–Trinajstić information content (AvgIpc) is 3.07. The summed E-state index contributed by atoms with van der Waals surface area (Å²) in [6.45, 7) is 1.94. The highest BCUT2D eigenvalue weighted by molar-refractivity contribution is 14.1. The molecular weight excluding hydrogens is 668 g/mol. The molecule has 0 unspecified atom stereocenters. The van der Waals surface area contributed by atoms with Gasteiger partial charge in [-0.15, -0.1) is 17.0 Å². The number of imidazole rings is 1. The second-order valence-electron chi connectivity index (χ2n) is 6.56. The fourth-order valence-electron chi connectivity index (χ4n) is 3.42. The number of benzene rings is 2. The van der Waals surface area contributed by atoms with Gasteiger partial charge >= 0.3 is 0 Å². The van der Waals surface area contributed by atoms with E-state index in [4.69, 9.17) is 23.2 Å². The van der Waals surface area contributed by atoms with Gasteiger partial charge in [0, 0.05) is 44.0 Å². The van der Waals surface area contributed by atoms with E-state index >= 15 is 0 Å². The summed E-state index contributed by atoms with van der Waals surface area (Å²) < 4.78 is 3.88. The fourth-order valence-corrected chi connectivity index (χ4v) is 5.09. The van der Waals surface area contributed by atoms with Crippen LogP contribution in [0.3, 0.4) is 0 Å². The van der Waals surface area contributed by atoms with Gasteiger partial charge < -0.3 is 0 Å². The molecule has 0 saturated heterocycles. The molecule has 0 spiro atoms. The van der Waals surface area contributed by atoms with Crippen molar-refractivity contribution in [3.63, 3.8) is 0 Å². The Morgan fingerprint density at radius 2 is 1.72 bits per heavy atom. The number of rotatable bonds is 3. The lowest BCUT2D eigenvalue weighted by atomic mass is 9.92. The second kappa shape index (κ2) is 9.75. The predicted molar refractivity (Wildman–Crippen MR) is 136 cm³/mol. The topological polar surface area (TPSA) is 38.1 Å². The van der Waals surface area contributed by atoms with Crippen molar-refractivity contribution >= 4 is 119 Å². The van der Waals surface area contributed by atoms with Gasteiger partial charge in [0.15, 0.2) is 0 Å². The molecule has 29 heavy (non-hydrogen) atoms. The first-order valence-corrected chi connectivity index (χ1v) is 10.7. The van der Waals surface area contributed by atoms with E-state index in [2.05, 4.69) is 43.5 Å². The third-order valence-corrected chi connectivity index (χ3v) is 6.35. The number of hydrogen-bond donors (Lipinski definition) is 0. The van der Waals surface area contributed by atoms with Crippen LogP contribution in [0.1, 0.15) is 12.5 Å². The van der Waals surface area contributed by atoms with E-state index < -0.39 is 5.54 Å². The molecule has 2 aromatic carbocycles. The number of fused-ring (bicyclic) bond motifs is 1. The highest BCUT2D eigenvalue weighted by Gasteiger charge is 2.50. The van der Waals surface area contributed by atoms with Crippen LogP contribution in [0, 0.1) is 3.70 Å². The van der Waals surface area contributed by atoms with Crippen molar-refractivity contribution in [3.8, 4) is 0 Å². The van der Waals surface area contributed by atoms with Crippen LogP contribution in [-0.2, 0) is 16.8 Å². The highest BCUT2D eigenvalue weighted by Crippen LogP contribution is 2.43. The zero-order chi connectivity index (χ0) is 19.3. The van der Waals surface area contributed by atoms with Crippen molar-refractivity contribution in [1.29, 1.82) is 0 Å². The van der Waals surface area contributed by atoms with Crippen LogP contribution < -0.4 is 4.90 Å². The van der Waals surface area contributed by atoms with E-state index in [1.54, 1.807) is 29.3 Å². The number of halogens is 5. The Kier molecular flexibility index (Phi) is 8.54. The maximum atomic E-state index is 13.6. The number of carbonyl (C=O) groups is 1. The quantitative estimate of drug-likeness (QED) is 0.238. The lowest BCUT2D eigenvalue weighted by molar-refractivity contribution is -0.124. The van der Waals surface area contributed by atoms with Crippen molar-refractivity contribution in [1.82, 2.24) is 9.55 Å². The van der Waals surface area contributed by atoms with Crippen LogP contribution in [0.4, 0.5) is 11.6 Å². The van der Waals surface area contributed by atoms with Gasteiger partial charge in [-0.1, -0.05) is 51.3 Å². The monoisotopic (exact) mass is 679 g/mol. The molecular formula is C19H14Br2Cl2IMgN3O. The Morgan fingerprint density at radius 1 is 1.14 bits per heavy atom. The van der Waals surface area contributed by atoms with E-state index in [1.165, 1.54) is 0 Å². The van der Waals surface area contributed by atoms with E-state index in [-0.39, 0.29) is 45.9 Å².